The van der Waals surface area contributed by atoms with Crippen LogP contribution in [0, 0.1) is 21.4 Å². The predicted molar refractivity (Wildman–Crippen MR) is 127 cm³/mol. The highest BCUT2D eigenvalue weighted by Gasteiger charge is 2.29. The molecule has 1 aromatic carbocycles. The van der Waals surface area contributed by atoms with Crippen LogP contribution in [0.2, 0.25) is 0 Å². The van der Waals surface area contributed by atoms with E-state index in [1.165, 1.54) is 17.4 Å². The molecule has 2 aliphatic heterocycles. The van der Waals surface area contributed by atoms with Crippen LogP contribution in [0.15, 0.2) is 18.2 Å². The van der Waals surface area contributed by atoms with E-state index in [0.29, 0.717) is 35.8 Å². The van der Waals surface area contributed by atoms with E-state index in [-0.39, 0.29) is 17.9 Å². The zero-order valence-electron chi connectivity index (χ0n) is 18.8. The van der Waals surface area contributed by atoms with Gasteiger partial charge in [-0.15, -0.1) is 11.3 Å². The van der Waals surface area contributed by atoms with Gasteiger partial charge in [0.15, 0.2) is 0 Å². The zero-order valence-corrected chi connectivity index (χ0v) is 19.7. The summed E-state index contributed by atoms with van der Waals surface area (Å²) in [5, 5.41) is 24.6. The van der Waals surface area contributed by atoms with E-state index >= 15 is 0 Å². The minimum atomic E-state index is -0.523. The summed E-state index contributed by atoms with van der Waals surface area (Å²) in [6.07, 6.45) is 3.14. The number of anilines is 2. The summed E-state index contributed by atoms with van der Waals surface area (Å²) in [7, 11) is 0. The molecule has 0 aliphatic carbocycles. The lowest BCUT2D eigenvalue weighted by Crippen LogP contribution is -2.35. The van der Waals surface area contributed by atoms with Crippen LogP contribution in [0.5, 0.6) is 0 Å². The van der Waals surface area contributed by atoms with Crippen molar-refractivity contribution in [3.05, 3.63) is 49.9 Å². The monoisotopic (exact) mass is 483 g/mol. The third-order valence-corrected chi connectivity index (χ3v) is 7.19. The molecule has 1 N–H and O–H groups in total. The standard InChI is InChI=1S/C23H25N5O5S/c1-2-33-23(30)27-11-8-16-17(13-24)22(34-20(16)14-27)25-21(29)15-6-7-18(19(12-15)28(31)32)26-9-4-3-5-10-26/h6-7,12H,2-5,8-11,14H2,1H3,(H,25,29). The van der Waals surface area contributed by atoms with Crippen LogP contribution in [0.1, 0.15) is 52.5 Å². The number of nitrogens with zero attached hydrogens (tertiary/aromatic N) is 4. The molecule has 3 heterocycles. The van der Waals surface area contributed by atoms with Crippen molar-refractivity contribution in [3.63, 3.8) is 0 Å². The number of thiophene rings is 1. The van der Waals surface area contributed by atoms with Crippen molar-refractivity contribution in [2.24, 2.45) is 0 Å². The van der Waals surface area contributed by atoms with Gasteiger partial charge < -0.3 is 19.9 Å². The highest BCUT2D eigenvalue weighted by molar-refractivity contribution is 7.16. The number of carbonyl (C=O) groups is 2. The summed E-state index contributed by atoms with van der Waals surface area (Å²) in [4.78, 5) is 40.7. The summed E-state index contributed by atoms with van der Waals surface area (Å²) in [5.41, 5.74) is 1.75. The Morgan fingerprint density at radius 3 is 2.71 bits per heavy atom. The van der Waals surface area contributed by atoms with Gasteiger partial charge in [-0.25, -0.2) is 4.79 Å². The van der Waals surface area contributed by atoms with E-state index < -0.39 is 16.9 Å². The fourth-order valence-electron chi connectivity index (χ4n) is 4.37. The molecule has 4 rings (SSSR count). The molecule has 1 saturated heterocycles. The van der Waals surface area contributed by atoms with Crippen molar-refractivity contribution in [3.8, 4) is 6.07 Å². The van der Waals surface area contributed by atoms with Gasteiger partial charge in [-0.2, -0.15) is 5.26 Å². The van der Waals surface area contributed by atoms with Gasteiger partial charge in [0.25, 0.3) is 11.6 Å². The Bertz CT molecular complexity index is 1170. The largest absolute Gasteiger partial charge is 0.450 e. The lowest BCUT2D eigenvalue weighted by atomic mass is 10.0. The van der Waals surface area contributed by atoms with Crippen molar-refractivity contribution in [2.45, 2.75) is 39.2 Å². The number of nitro benzene ring substituents is 1. The second-order valence-electron chi connectivity index (χ2n) is 8.15. The number of amides is 2. The van der Waals surface area contributed by atoms with Crippen molar-refractivity contribution in [1.29, 1.82) is 5.26 Å². The lowest BCUT2D eigenvalue weighted by Gasteiger charge is -2.28. The van der Waals surface area contributed by atoms with Crippen LogP contribution >= 0.6 is 11.3 Å². The Hall–Kier alpha value is -3.65. The Morgan fingerprint density at radius 1 is 1.26 bits per heavy atom. The Morgan fingerprint density at radius 2 is 2.03 bits per heavy atom. The molecule has 0 unspecified atom stereocenters. The summed E-state index contributed by atoms with van der Waals surface area (Å²) in [6, 6.07) is 6.65. The SMILES string of the molecule is CCOC(=O)N1CCc2c(sc(NC(=O)c3ccc(N4CCCCC4)c([N+](=O)[O-])c3)c2C#N)C1. The van der Waals surface area contributed by atoms with E-state index in [4.69, 9.17) is 4.74 Å². The number of hydrogen-bond acceptors (Lipinski definition) is 8. The fourth-order valence-corrected chi connectivity index (χ4v) is 5.58. The molecule has 0 atom stereocenters. The average molecular weight is 484 g/mol. The number of fused-ring (bicyclic) bond motifs is 1. The summed E-state index contributed by atoms with van der Waals surface area (Å²) in [6.45, 7) is 4.25. The summed E-state index contributed by atoms with van der Waals surface area (Å²) in [5.74, 6) is -0.523. The van der Waals surface area contributed by atoms with Gasteiger partial charge in [-0.05, 0) is 50.3 Å². The number of benzene rings is 1. The molecule has 34 heavy (non-hydrogen) atoms. The summed E-state index contributed by atoms with van der Waals surface area (Å²) >= 11 is 1.24. The number of carbonyl (C=O) groups excluding carboxylic acids is 2. The molecule has 1 aromatic heterocycles. The number of rotatable bonds is 5. The van der Waals surface area contributed by atoms with Crippen LogP contribution in [0.3, 0.4) is 0 Å². The van der Waals surface area contributed by atoms with Gasteiger partial charge in [-0.1, -0.05) is 0 Å². The van der Waals surface area contributed by atoms with Gasteiger partial charge in [0, 0.05) is 36.1 Å². The first-order valence-electron chi connectivity index (χ1n) is 11.2. The molecular formula is C23H25N5O5S. The molecule has 178 valence electrons. The number of nitro groups is 1. The van der Waals surface area contributed by atoms with Crippen molar-refractivity contribution < 1.29 is 19.2 Å². The highest BCUT2D eigenvalue weighted by Crippen LogP contribution is 2.37. The first kappa shape index (κ1) is 23.5. The zero-order chi connectivity index (χ0) is 24.2. The maximum Gasteiger partial charge on any atom is 0.410 e. The molecule has 0 saturated carbocycles. The van der Waals surface area contributed by atoms with Crippen LogP contribution in [0.4, 0.5) is 21.2 Å². The summed E-state index contributed by atoms with van der Waals surface area (Å²) < 4.78 is 5.06. The molecule has 10 nitrogen and oxygen atoms in total. The third kappa shape index (κ3) is 4.68. The molecule has 11 heteroatoms. The second-order valence-corrected chi connectivity index (χ2v) is 9.26. The topological polar surface area (TPSA) is 129 Å². The lowest BCUT2D eigenvalue weighted by molar-refractivity contribution is -0.384. The van der Waals surface area contributed by atoms with Crippen LogP contribution in [-0.4, -0.2) is 48.1 Å². The van der Waals surface area contributed by atoms with E-state index in [9.17, 15) is 25.0 Å². The number of nitriles is 1. The minimum absolute atomic E-state index is 0.106. The van der Waals surface area contributed by atoms with Gasteiger partial charge in [0.05, 0.1) is 23.6 Å². The normalized spacial score (nSPS) is 15.3. The number of ether oxygens (including phenoxy) is 1. The van der Waals surface area contributed by atoms with Crippen molar-refractivity contribution in [1.82, 2.24) is 4.90 Å². The quantitative estimate of drug-likeness (QED) is 0.496. The Labute approximate surface area is 200 Å². The van der Waals surface area contributed by atoms with Crippen molar-refractivity contribution in [2.75, 3.05) is 36.5 Å². The van der Waals surface area contributed by atoms with Crippen LogP contribution in [0.25, 0.3) is 0 Å². The van der Waals surface area contributed by atoms with Crippen molar-refractivity contribution >= 4 is 39.7 Å². The molecule has 0 radical (unpaired) electrons. The molecule has 0 bridgehead atoms. The smallest absolute Gasteiger partial charge is 0.410 e. The van der Waals surface area contributed by atoms with E-state index in [0.717, 1.165) is 42.8 Å². The number of piperidine rings is 1. The molecule has 2 aliphatic rings. The average Bonchev–Trinajstić information content (AvgIpc) is 3.20. The second kappa shape index (κ2) is 10.1. The third-order valence-electron chi connectivity index (χ3n) is 6.05. The maximum atomic E-state index is 13.0. The van der Waals surface area contributed by atoms with E-state index in [2.05, 4.69) is 11.4 Å². The molecule has 2 amide bonds. The number of hydrogen-bond donors (Lipinski definition) is 1. The first-order valence-corrected chi connectivity index (χ1v) is 12.1. The van der Waals surface area contributed by atoms with Crippen LogP contribution < -0.4 is 10.2 Å². The first-order chi connectivity index (χ1) is 16.4. The molecule has 0 spiro atoms. The molecular weight excluding hydrogens is 458 g/mol. The maximum absolute atomic E-state index is 13.0. The predicted octanol–water partition coefficient (Wildman–Crippen LogP) is 4.29. The number of nitrogens with one attached hydrogen (secondary N) is 1. The van der Waals surface area contributed by atoms with Crippen LogP contribution in [-0.2, 0) is 17.7 Å². The van der Waals surface area contributed by atoms with Gasteiger partial charge >= 0.3 is 6.09 Å². The van der Waals surface area contributed by atoms with Gasteiger partial charge in [0.2, 0.25) is 0 Å². The van der Waals surface area contributed by atoms with E-state index in [1.807, 2.05) is 4.90 Å². The Balaban J connectivity index is 1.56. The van der Waals surface area contributed by atoms with E-state index in [1.54, 1.807) is 24.0 Å². The fraction of sp³-hybridized carbons (Fsp3) is 0.435. The highest BCUT2D eigenvalue weighted by atomic mass is 32.1. The Kier molecular flexibility index (Phi) is 6.98. The molecule has 1 fully saturated rings. The molecule has 2 aromatic rings. The minimum Gasteiger partial charge on any atom is -0.450 e. The van der Waals surface area contributed by atoms with Gasteiger partial charge in [-0.3, -0.25) is 14.9 Å². The van der Waals surface area contributed by atoms with Gasteiger partial charge in [0.1, 0.15) is 16.8 Å².